The average molecular weight is 406 g/mol. The summed E-state index contributed by atoms with van der Waals surface area (Å²) in [4.78, 5) is 2.55. The number of nitrogens with zero attached hydrogens (tertiary/aromatic N) is 4. The molecule has 2 aromatic heterocycles. The zero-order valence-electron chi connectivity index (χ0n) is 17.9. The van der Waals surface area contributed by atoms with Gasteiger partial charge in [-0.25, -0.2) is 0 Å². The van der Waals surface area contributed by atoms with Crippen LogP contribution in [0.1, 0.15) is 81.1 Å². The molecule has 1 saturated heterocycles. The molecule has 6 heteroatoms. The molecule has 2 unspecified atom stereocenters. The summed E-state index contributed by atoms with van der Waals surface area (Å²) in [5, 5.41) is 9.02. The van der Waals surface area contributed by atoms with E-state index in [-0.39, 0.29) is 12.1 Å². The average Bonchev–Trinajstić information content (AvgIpc) is 3.19. The summed E-state index contributed by atoms with van der Waals surface area (Å²) >= 11 is 0. The first-order valence-corrected chi connectivity index (χ1v) is 11.2. The Morgan fingerprint density at radius 1 is 1.00 bits per heavy atom. The van der Waals surface area contributed by atoms with E-state index in [4.69, 9.17) is 10.5 Å². The maximum atomic E-state index is 6.48. The van der Waals surface area contributed by atoms with Crippen LogP contribution in [0, 0.1) is 0 Å². The minimum absolute atomic E-state index is 0.0280. The van der Waals surface area contributed by atoms with Crippen LogP contribution in [0.15, 0.2) is 42.6 Å². The van der Waals surface area contributed by atoms with Gasteiger partial charge in [-0.3, -0.25) is 9.30 Å². The fraction of sp³-hybridized carbons (Fsp3) is 0.500. The molecular formula is C24H31N5O. The van der Waals surface area contributed by atoms with Crippen molar-refractivity contribution >= 4 is 5.65 Å². The maximum absolute atomic E-state index is 6.48. The predicted molar refractivity (Wildman–Crippen MR) is 117 cm³/mol. The number of rotatable bonds is 4. The third-order valence-corrected chi connectivity index (χ3v) is 6.67. The smallest absolute Gasteiger partial charge is 0.161 e. The van der Waals surface area contributed by atoms with Crippen LogP contribution in [-0.4, -0.2) is 32.1 Å². The lowest BCUT2D eigenvalue weighted by Crippen LogP contribution is -2.39. The number of hydrogen-bond acceptors (Lipinski definition) is 5. The van der Waals surface area contributed by atoms with E-state index in [0.717, 1.165) is 43.0 Å². The third kappa shape index (κ3) is 3.48. The van der Waals surface area contributed by atoms with E-state index in [9.17, 15) is 0 Å². The molecule has 2 N–H and O–H groups in total. The molecule has 1 aliphatic heterocycles. The van der Waals surface area contributed by atoms with E-state index in [1.54, 1.807) is 0 Å². The van der Waals surface area contributed by atoms with Crippen molar-refractivity contribution in [1.29, 1.82) is 0 Å². The van der Waals surface area contributed by atoms with Crippen LogP contribution in [0.2, 0.25) is 0 Å². The van der Waals surface area contributed by atoms with E-state index in [1.807, 2.05) is 12.1 Å². The van der Waals surface area contributed by atoms with Crippen molar-refractivity contribution in [2.75, 3.05) is 6.54 Å². The van der Waals surface area contributed by atoms with Crippen LogP contribution in [0.5, 0.6) is 5.75 Å². The Bertz CT molecular complexity index is 1030. The molecule has 0 radical (unpaired) electrons. The molecule has 3 atom stereocenters. The molecule has 2 aliphatic rings. The van der Waals surface area contributed by atoms with E-state index in [1.165, 1.54) is 24.0 Å². The minimum atomic E-state index is 0.0280. The van der Waals surface area contributed by atoms with Crippen LogP contribution in [0.25, 0.3) is 5.65 Å². The fourth-order valence-corrected chi connectivity index (χ4v) is 5.11. The monoisotopic (exact) mass is 405 g/mol. The van der Waals surface area contributed by atoms with Crippen molar-refractivity contribution < 1.29 is 4.74 Å². The SMILES string of the molecule is CC(C)N1CCCC[C@H]1c1nnc2ccc(OC3CCC(N)c4ccccc43)cn12. The number of benzene rings is 1. The van der Waals surface area contributed by atoms with Gasteiger partial charge >= 0.3 is 0 Å². The van der Waals surface area contributed by atoms with Gasteiger partial charge in [0.25, 0.3) is 0 Å². The Hall–Kier alpha value is -2.44. The van der Waals surface area contributed by atoms with Crippen molar-refractivity contribution in [3.8, 4) is 5.75 Å². The number of pyridine rings is 1. The van der Waals surface area contributed by atoms with Crippen molar-refractivity contribution in [2.45, 2.75) is 70.2 Å². The highest BCUT2D eigenvalue weighted by Crippen LogP contribution is 2.38. The van der Waals surface area contributed by atoms with E-state index >= 15 is 0 Å². The van der Waals surface area contributed by atoms with Crippen molar-refractivity contribution in [3.05, 3.63) is 59.5 Å². The van der Waals surface area contributed by atoms with Gasteiger partial charge in [0.05, 0.1) is 12.2 Å². The molecule has 30 heavy (non-hydrogen) atoms. The van der Waals surface area contributed by atoms with E-state index in [2.05, 4.69) is 63.8 Å². The molecule has 1 fully saturated rings. The first kappa shape index (κ1) is 19.5. The van der Waals surface area contributed by atoms with Gasteiger partial charge in [-0.2, -0.15) is 0 Å². The van der Waals surface area contributed by atoms with Crippen LogP contribution in [0.3, 0.4) is 0 Å². The van der Waals surface area contributed by atoms with E-state index in [0.29, 0.717) is 12.1 Å². The van der Waals surface area contributed by atoms with Gasteiger partial charge in [-0.05, 0) is 69.3 Å². The summed E-state index contributed by atoms with van der Waals surface area (Å²) < 4.78 is 8.60. The number of nitrogens with two attached hydrogens (primary N) is 1. The van der Waals surface area contributed by atoms with Crippen molar-refractivity contribution in [3.63, 3.8) is 0 Å². The summed E-state index contributed by atoms with van der Waals surface area (Å²) in [7, 11) is 0. The molecule has 1 aromatic carbocycles. The topological polar surface area (TPSA) is 68.7 Å². The lowest BCUT2D eigenvalue weighted by Gasteiger charge is -2.37. The largest absolute Gasteiger partial charge is 0.484 e. The summed E-state index contributed by atoms with van der Waals surface area (Å²) in [6, 6.07) is 13.3. The van der Waals surface area contributed by atoms with Crippen molar-refractivity contribution in [2.24, 2.45) is 5.73 Å². The molecule has 0 saturated carbocycles. The summed E-state index contributed by atoms with van der Waals surface area (Å²) in [5.74, 6) is 1.88. The Balaban J connectivity index is 1.46. The highest BCUT2D eigenvalue weighted by molar-refractivity contribution is 5.42. The normalized spacial score (nSPS) is 24.9. The quantitative estimate of drug-likeness (QED) is 0.688. The van der Waals surface area contributed by atoms with Gasteiger partial charge < -0.3 is 10.5 Å². The number of fused-ring (bicyclic) bond motifs is 2. The van der Waals surface area contributed by atoms with Gasteiger partial charge in [-0.15, -0.1) is 10.2 Å². The third-order valence-electron chi connectivity index (χ3n) is 6.67. The second-order valence-electron chi connectivity index (χ2n) is 8.91. The molecule has 5 rings (SSSR count). The van der Waals surface area contributed by atoms with Gasteiger partial charge in [0.15, 0.2) is 11.5 Å². The number of ether oxygens (including phenoxy) is 1. The summed E-state index contributed by atoms with van der Waals surface area (Å²) in [5.41, 5.74) is 9.60. The zero-order valence-corrected chi connectivity index (χ0v) is 17.9. The Kier molecular flexibility index (Phi) is 5.21. The summed E-state index contributed by atoms with van der Waals surface area (Å²) in [6.45, 7) is 5.65. The van der Waals surface area contributed by atoms with Gasteiger partial charge in [0.2, 0.25) is 0 Å². The Morgan fingerprint density at radius 2 is 1.83 bits per heavy atom. The lowest BCUT2D eigenvalue weighted by atomic mass is 9.86. The second kappa shape index (κ2) is 8.00. The highest BCUT2D eigenvalue weighted by Gasteiger charge is 2.30. The van der Waals surface area contributed by atoms with Gasteiger partial charge in [-0.1, -0.05) is 30.7 Å². The number of piperidine rings is 1. The number of hydrogen-bond donors (Lipinski definition) is 1. The minimum Gasteiger partial charge on any atom is -0.484 e. The molecule has 6 nitrogen and oxygen atoms in total. The molecular weight excluding hydrogens is 374 g/mol. The Morgan fingerprint density at radius 3 is 2.67 bits per heavy atom. The zero-order chi connectivity index (χ0) is 20.7. The van der Waals surface area contributed by atoms with Crippen LogP contribution < -0.4 is 10.5 Å². The van der Waals surface area contributed by atoms with Gasteiger partial charge in [0, 0.05) is 12.1 Å². The molecule has 0 amide bonds. The van der Waals surface area contributed by atoms with Crippen LogP contribution in [0.4, 0.5) is 0 Å². The standard InChI is InChI=1S/C24H31N5O/c1-16(2)28-14-6-5-9-21(28)24-27-26-23-13-10-17(15-29(23)24)30-22-12-11-20(25)18-7-3-4-8-19(18)22/h3-4,7-8,10,13,15-16,20-22H,5-6,9,11-12,14,25H2,1-2H3/t20?,21-,22?/m0/s1. The first-order valence-electron chi connectivity index (χ1n) is 11.2. The van der Waals surface area contributed by atoms with E-state index < -0.39 is 0 Å². The van der Waals surface area contributed by atoms with Crippen LogP contribution >= 0.6 is 0 Å². The molecule has 158 valence electrons. The predicted octanol–water partition coefficient (Wildman–Crippen LogP) is 4.58. The molecule has 0 spiro atoms. The number of likely N-dealkylation sites (tertiary alicyclic amines) is 1. The maximum Gasteiger partial charge on any atom is 0.161 e. The van der Waals surface area contributed by atoms with Gasteiger partial charge in [0.1, 0.15) is 11.9 Å². The Labute approximate surface area is 178 Å². The fourth-order valence-electron chi connectivity index (χ4n) is 5.11. The molecule has 1 aliphatic carbocycles. The molecule has 3 aromatic rings. The summed E-state index contributed by atoms with van der Waals surface area (Å²) in [6.07, 6.45) is 7.57. The van der Waals surface area contributed by atoms with Crippen LogP contribution in [-0.2, 0) is 0 Å². The second-order valence-corrected chi connectivity index (χ2v) is 8.91. The molecule has 0 bridgehead atoms. The molecule has 3 heterocycles. The highest BCUT2D eigenvalue weighted by atomic mass is 16.5. The van der Waals surface area contributed by atoms with Crippen molar-refractivity contribution in [1.82, 2.24) is 19.5 Å². The lowest BCUT2D eigenvalue weighted by molar-refractivity contribution is 0.105. The first-order chi connectivity index (χ1) is 14.6. The number of aromatic nitrogens is 3.